The number of carboxylic acid groups (broad SMARTS) is 1. The maximum Gasteiger partial charge on any atom is 0.417 e. The maximum absolute atomic E-state index is 12.7. The number of halogens is 17. The van der Waals surface area contributed by atoms with Crippen LogP contribution >= 0.6 is 58.0 Å². The molecule has 0 spiro atoms. The van der Waals surface area contributed by atoms with Crippen LogP contribution in [0.25, 0.3) is 0 Å². The molecule has 15 rings (SSSR count). The normalized spacial score (nSPS) is 27.6. The number of hydrogen-bond donors (Lipinski definition) is 6. The van der Waals surface area contributed by atoms with Crippen molar-refractivity contribution in [2.75, 3.05) is 23.5 Å². The highest BCUT2D eigenvalue weighted by molar-refractivity contribution is 6.67. The van der Waals surface area contributed by atoms with Crippen LogP contribution in [0.5, 0.6) is 5.88 Å². The van der Waals surface area contributed by atoms with E-state index < -0.39 is 62.8 Å². The molecular formula is C72H91BCl5F12N10O9. The van der Waals surface area contributed by atoms with Crippen LogP contribution in [0, 0.1) is 6.92 Å². The fourth-order valence-electron chi connectivity index (χ4n) is 15.4. The number of hydrogen-bond acceptors (Lipinski definition) is 17. The van der Waals surface area contributed by atoms with Gasteiger partial charge in [0.1, 0.15) is 34.7 Å². The Morgan fingerprint density at radius 2 is 0.807 bits per heavy atom. The van der Waals surface area contributed by atoms with Crippen LogP contribution in [0.1, 0.15) is 171 Å². The molecule has 5 aromatic rings. The zero-order valence-electron chi connectivity index (χ0n) is 59.1. The number of amides is 1. The summed E-state index contributed by atoms with van der Waals surface area (Å²) in [6.07, 6.45) is 5.79. The monoisotopic (exact) mass is 1650 g/mol. The van der Waals surface area contributed by atoms with Crippen molar-refractivity contribution in [3.63, 3.8) is 0 Å². The van der Waals surface area contributed by atoms with E-state index in [9.17, 15) is 77.9 Å². The number of pyridine rings is 5. The van der Waals surface area contributed by atoms with Gasteiger partial charge in [-0.25, -0.2) is 29.7 Å². The fourth-order valence-corrected chi connectivity index (χ4v) is 15.8. The number of aliphatic hydroxyl groups is 4. The first-order valence-electron chi connectivity index (χ1n) is 35.1. The number of carbonyl (C=O) groups excluding carboxylic acids is 1. The van der Waals surface area contributed by atoms with Crippen LogP contribution in [0.2, 0.25) is 10.3 Å². The summed E-state index contributed by atoms with van der Waals surface area (Å²) in [6.45, 7) is 2.81. The van der Waals surface area contributed by atoms with Crippen LogP contribution in [0.15, 0.2) is 91.6 Å². The number of aliphatic hydroxyl groups excluding tert-OH is 4. The molecule has 605 valence electrons. The molecule has 15 heterocycles. The van der Waals surface area contributed by atoms with Crippen LogP contribution in [0.3, 0.4) is 0 Å². The highest BCUT2D eigenvalue weighted by Gasteiger charge is 2.47. The molecule has 10 bridgehead atoms. The zero-order valence-corrected chi connectivity index (χ0v) is 62.8. The van der Waals surface area contributed by atoms with Crippen molar-refractivity contribution < 1.29 is 97.3 Å². The lowest BCUT2D eigenvalue weighted by Gasteiger charge is -2.39. The Kier molecular flexibility index (Phi) is 34.1. The summed E-state index contributed by atoms with van der Waals surface area (Å²) in [4.78, 5) is 48.1. The van der Waals surface area contributed by atoms with E-state index in [1.165, 1.54) is 37.8 Å². The van der Waals surface area contributed by atoms with E-state index in [-0.39, 0.29) is 99.5 Å². The average molecular weight is 1660 g/mol. The predicted octanol–water partition coefficient (Wildman–Crippen LogP) is 16.2. The highest BCUT2D eigenvalue weighted by atomic mass is 35.6. The molecule has 3 radical (unpaired) electrons. The van der Waals surface area contributed by atoms with Gasteiger partial charge in [-0.05, 0) is 184 Å². The van der Waals surface area contributed by atoms with Gasteiger partial charge in [-0.15, -0.1) is 0 Å². The van der Waals surface area contributed by atoms with E-state index in [4.69, 9.17) is 77.4 Å². The molecule has 109 heavy (non-hydrogen) atoms. The smallest absolute Gasteiger partial charge is 0.417 e. The number of aromatic nitrogens is 5. The second-order valence-electron chi connectivity index (χ2n) is 28.2. The number of anilines is 2. The van der Waals surface area contributed by atoms with Crippen molar-refractivity contribution in [1.29, 1.82) is 0 Å². The number of nitrogens with zero attached hydrogens (tertiary/aromatic N) is 9. The van der Waals surface area contributed by atoms with Gasteiger partial charge < -0.3 is 59.9 Å². The number of aryl methyl sites for hydroxylation is 1. The minimum Gasteiger partial charge on any atom is -0.481 e. The molecule has 6 N–H and O–H groups in total. The molecule has 15 atom stereocenters. The topological polar surface area (TPSA) is 243 Å². The Bertz CT molecular complexity index is 3470. The number of rotatable bonds is 5. The third-order valence-electron chi connectivity index (χ3n) is 20.2. The van der Waals surface area contributed by atoms with Gasteiger partial charge in [-0.1, -0.05) is 71.5 Å². The number of alkyl halides is 15. The molecule has 10 saturated heterocycles. The Morgan fingerprint density at radius 1 is 0.477 bits per heavy atom. The number of aliphatic carboxylic acids is 1. The summed E-state index contributed by atoms with van der Waals surface area (Å²) in [5.74, 6) is 1.01. The number of fused-ring (bicyclic) bond motifs is 10. The third kappa shape index (κ3) is 28.1. The van der Waals surface area contributed by atoms with Gasteiger partial charge in [0.25, 0.3) is 5.97 Å². The average Bonchev–Trinajstić information content (AvgIpc) is 1.71. The Morgan fingerprint density at radius 3 is 1.14 bits per heavy atom. The van der Waals surface area contributed by atoms with Crippen molar-refractivity contribution in [2.45, 2.75) is 269 Å². The Labute approximate surface area is 652 Å². The molecule has 10 aliphatic rings. The van der Waals surface area contributed by atoms with E-state index in [1.807, 2.05) is 19.1 Å². The summed E-state index contributed by atoms with van der Waals surface area (Å²) in [6, 6.07) is 16.6. The van der Waals surface area contributed by atoms with Gasteiger partial charge in [0.05, 0.1) is 46.7 Å². The molecule has 5 unspecified atom stereocenters. The standard InChI is InChI=1S/C19H20F3N3O.C13H15F3N2O.C10H14Cl3NO3.C8H15NO.C7H13NO.2C6H3ClF3N.C2H4O2.CH4.B/c1-12-2-7-18(24-10-12)26-16-8-14-4-5-15(9-16)25(14)17-6-3-13(11-23-17)19(20,21)22;14-13(15,16)8-1-4-12(17-7-8)18-9-2-3-10(18)6-11(19)5-9;11-10(12,13)5-17-9(16)14-6-1-2-7(14)4-8(15)3-6;1-9-6-2-3-7(9)5-8(10)4-6;9-7-3-5-1-2-6(4-7)8-5;2*7-5-2-1-4(3-11-5)6(8,9)10;1-2(3)4;;/h2-3,6-7,10-11,14-16H,4-5,8-9H2,1H3;1,4,7,9-11,19H,2-3,5-6H2;6-8,15H,1-5H2;6-8,10H,2-5H2,1H3;5-9H,1-4H2;2*1-3H;1H3,(H,3,4);1H4;/t14-,15+,16?;9-,10+,11?;2*6-,7+,8?;5-,6+,7?;;;;;. The van der Waals surface area contributed by atoms with E-state index >= 15 is 0 Å². The molecular weight excluding hydrogens is 1560 g/mol. The van der Waals surface area contributed by atoms with Crippen molar-refractivity contribution >= 4 is 90.1 Å². The number of carbonyl (C=O) groups is 2. The summed E-state index contributed by atoms with van der Waals surface area (Å²) < 4.78 is 156. The van der Waals surface area contributed by atoms with Crippen molar-refractivity contribution in [2.24, 2.45) is 0 Å². The Hall–Kier alpha value is -5.68. The molecule has 1 amide bonds. The van der Waals surface area contributed by atoms with E-state index in [1.54, 1.807) is 11.1 Å². The second-order valence-corrected chi connectivity index (χ2v) is 31.5. The summed E-state index contributed by atoms with van der Waals surface area (Å²) >= 11 is 27.1. The van der Waals surface area contributed by atoms with Crippen LogP contribution < -0.4 is 19.9 Å². The maximum atomic E-state index is 12.7. The summed E-state index contributed by atoms with van der Waals surface area (Å²) in [7, 11) is 2.19. The fraction of sp³-hybridized carbons (Fsp3) is 0.625. The second kappa shape index (κ2) is 40.4. The van der Waals surface area contributed by atoms with Crippen LogP contribution in [0.4, 0.5) is 69.1 Å². The summed E-state index contributed by atoms with van der Waals surface area (Å²) in [5, 5.41) is 48.9. The SMILES string of the molecule is C.CC(=O)O.CN1[C@@H]2CC[C@H]1CC(O)C2.Cc1ccc(OC2C[C@H]3CC[C@@H](C2)N3c2ccc(C(F)(F)F)cn2)nc1.FC(F)(F)c1ccc(Cl)nc1.FC(F)(F)c1ccc(Cl)nc1.O=C(OCC(Cl)(Cl)Cl)N1[C@@H]2CC[C@H]1CC(O)C2.OC1C[C@H]2CC[C@@H](C1)N2.OC1C[C@H]2CC[C@@H](C1)N2c1ccc(C(F)(F)F)cn1.[B]. The van der Waals surface area contributed by atoms with Gasteiger partial charge in [-0.3, -0.25) is 4.79 Å². The summed E-state index contributed by atoms with van der Waals surface area (Å²) in [5.41, 5.74) is -1.93. The van der Waals surface area contributed by atoms with Gasteiger partial charge in [0.15, 0.2) is 0 Å². The van der Waals surface area contributed by atoms with E-state index in [0.29, 0.717) is 79.8 Å². The lowest BCUT2D eigenvalue weighted by molar-refractivity contribution is -0.138. The molecule has 0 aromatic carbocycles. The first kappa shape index (κ1) is 92.2. The van der Waals surface area contributed by atoms with Crippen LogP contribution in [-0.4, -0.2) is 189 Å². The van der Waals surface area contributed by atoms with Crippen molar-refractivity contribution in [3.05, 3.63) is 130 Å². The number of carboxylic acids is 1. The lowest BCUT2D eigenvalue weighted by atomic mass is 9.99. The largest absolute Gasteiger partial charge is 0.481 e. The first-order valence-corrected chi connectivity index (χ1v) is 37.0. The Balaban J connectivity index is 0.000000202. The lowest BCUT2D eigenvalue weighted by Crippen LogP contribution is -2.48. The molecule has 37 heteroatoms. The number of nitrogens with one attached hydrogen (secondary N) is 1. The van der Waals surface area contributed by atoms with E-state index in [2.05, 4.69) is 52.0 Å². The third-order valence-corrected chi connectivity index (χ3v) is 20.9. The quantitative estimate of drug-likeness (QED) is 0.0415. The van der Waals surface area contributed by atoms with E-state index in [0.717, 1.165) is 138 Å². The van der Waals surface area contributed by atoms with Crippen LogP contribution in [-0.2, 0) is 34.2 Å². The van der Waals surface area contributed by atoms with Gasteiger partial charge in [0.2, 0.25) is 9.67 Å². The van der Waals surface area contributed by atoms with Gasteiger partial charge >= 0.3 is 30.8 Å². The number of piperidine rings is 5. The molecule has 19 nitrogen and oxygen atoms in total. The molecule has 10 aliphatic heterocycles. The number of ether oxygens (including phenoxy) is 2. The van der Waals surface area contributed by atoms with Gasteiger partial charge in [0, 0.05) is 126 Å². The van der Waals surface area contributed by atoms with Gasteiger partial charge in [-0.2, -0.15) is 52.7 Å². The van der Waals surface area contributed by atoms with Crippen molar-refractivity contribution in [1.82, 2.24) is 40.0 Å². The zero-order chi connectivity index (χ0) is 78.5. The predicted molar refractivity (Wildman–Crippen MR) is 390 cm³/mol. The minimum absolute atomic E-state index is 0. The molecule has 5 aromatic heterocycles. The highest BCUT2D eigenvalue weighted by Crippen LogP contribution is 2.44. The first-order chi connectivity index (χ1) is 50.1. The minimum atomic E-state index is -4.35. The molecule has 0 saturated carbocycles. The molecule has 0 aliphatic carbocycles. The molecule has 10 fully saturated rings. The van der Waals surface area contributed by atoms with Crippen molar-refractivity contribution in [3.8, 4) is 5.88 Å².